The fourth-order valence-electron chi connectivity index (χ4n) is 6.91. The fraction of sp³-hybridized carbons (Fsp3) is 0.736. The Hall–Kier alpha value is -2.48. The molecule has 0 aliphatic carbocycles. The first kappa shape index (κ1) is 66.5. The van der Waals surface area contributed by atoms with Crippen LogP contribution < -0.4 is 0 Å². The smallest absolute Gasteiger partial charge is 0.462 e. The summed E-state index contributed by atoms with van der Waals surface area (Å²) < 4.78 is 47.9. The van der Waals surface area contributed by atoms with Gasteiger partial charge in [0.2, 0.25) is 0 Å². The van der Waals surface area contributed by atoms with Crippen molar-refractivity contribution in [3.63, 3.8) is 0 Å². The van der Waals surface area contributed by atoms with Gasteiger partial charge in [0.1, 0.15) is 12.7 Å². The number of phosphoric ester groups is 2. The molecule has 0 aliphatic heterocycles. The van der Waals surface area contributed by atoms with Gasteiger partial charge in [-0.15, -0.1) is 0 Å². The van der Waals surface area contributed by atoms with Crippen molar-refractivity contribution in [1.82, 2.24) is 0 Å². The van der Waals surface area contributed by atoms with E-state index in [1.807, 2.05) is 54.7 Å². The summed E-state index contributed by atoms with van der Waals surface area (Å²) in [5.74, 6) is -0.276. The maximum Gasteiger partial charge on any atom is 0.472 e. The first-order valence-corrected chi connectivity index (χ1v) is 29.2. The Morgan fingerprint density at radius 2 is 1.03 bits per heavy atom. The average Bonchev–Trinajstić information content (AvgIpc) is 3.31. The monoisotopic (exact) mass is 1020 g/mol. The van der Waals surface area contributed by atoms with Gasteiger partial charge in [0.15, 0.2) is 6.10 Å². The van der Waals surface area contributed by atoms with Crippen molar-refractivity contribution in [2.75, 3.05) is 26.4 Å². The van der Waals surface area contributed by atoms with Gasteiger partial charge < -0.3 is 34.4 Å². The lowest BCUT2D eigenvalue weighted by molar-refractivity contribution is -0.161. The molecule has 0 aromatic carbocycles. The maximum absolute atomic E-state index is 12.7. The molecule has 0 fully saturated rings. The molecule has 0 spiro atoms. The zero-order valence-electron chi connectivity index (χ0n) is 42.7. The van der Waals surface area contributed by atoms with Gasteiger partial charge in [0.25, 0.3) is 0 Å². The average molecular weight is 1020 g/mol. The first-order valence-electron chi connectivity index (χ1n) is 26.1. The molecule has 5 N–H and O–H groups in total. The molecule has 0 saturated heterocycles. The summed E-state index contributed by atoms with van der Waals surface area (Å²) in [6.45, 7) is 3.89. The molecule has 3 unspecified atom stereocenters. The van der Waals surface area contributed by atoms with Crippen molar-refractivity contribution in [2.45, 2.75) is 219 Å². The zero-order valence-corrected chi connectivity index (χ0v) is 44.5. The van der Waals surface area contributed by atoms with Crippen molar-refractivity contribution >= 4 is 27.6 Å². The van der Waals surface area contributed by atoms with Crippen LogP contribution in [0.5, 0.6) is 0 Å². The predicted molar refractivity (Wildman–Crippen MR) is 277 cm³/mol. The van der Waals surface area contributed by atoms with E-state index in [2.05, 4.69) is 37.4 Å². The minimum atomic E-state index is -4.88. The van der Waals surface area contributed by atoms with Gasteiger partial charge in [-0.1, -0.05) is 216 Å². The van der Waals surface area contributed by atoms with E-state index in [0.717, 1.165) is 44.4 Å². The van der Waals surface area contributed by atoms with Crippen LogP contribution in [0.1, 0.15) is 201 Å². The molecule has 0 aromatic heterocycles. The highest BCUT2D eigenvalue weighted by atomic mass is 31.2. The summed E-state index contributed by atoms with van der Waals surface area (Å²) in [7, 11) is -9.73. The molecule has 0 bridgehead atoms. The molecular formula is C53H94O14P2. The summed E-state index contributed by atoms with van der Waals surface area (Å²) >= 11 is 0. The highest BCUT2D eigenvalue weighted by Gasteiger charge is 2.28. The molecule has 0 aliphatic rings. The van der Waals surface area contributed by atoms with Crippen LogP contribution >= 0.6 is 15.6 Å². The van der Waals surface area contributed by atoms with Crippen LogP contribution in [0, 0.1) is 5.92 Å². The van der Waals surface area contributed by atoms with E-state index < -0.39 is 72.3 Å². The molecule has 0 radical (unpaired) electrons. The highest BCUT2D eigenvalue weighted by Crippen LogP contribution is 2.44. The number of aliphatic hydroxyl groups is 2. The summed E-state index contributed by atoms with van der Waals surface area (Å²) in [4.78, 5) is 52.9. The predicted octanol–water partition coefficient (Wildman–Crippen LogP) is 13.3. The van der Waals surface area contributed by atoms with Gasteiger partial charge >= 0.3 is 27.6 Å². The van der Waals surface area contributed by atoms with Crippen LogP contribution in [0.4, 0.5) is 0 Å². The van der Waals surface area contributed by atoms with E-state index in [-0.39, 0.29) is 12.8 Å². The van der Waals surface area contributed by atoms with Crippen molar-refractivity contribution in [3.05, 3.63) is 72.9 Å². The largest absolute Gasteiger partial charge is 0.472 e. The second-order valence-corrected chi connectivity index (χ2v) is 20.6. The second kappa shape index (κ2) is 46.6. The van der Waals surface area contributed by atoms with Crippen LogP contribution in [0.2, 0.25) is 0 Å². The minimum Gasteiger partial charge on any atom is -0.462 e. The number of ether oxygens (including phenoxy) is 2. The third kappa shape index (κ3) is 50.3. The lowest BCUT2D eigenvalue weighted by atomic mass is 9.99. The number of unbranched alkanes of at least 4 members (excludes halogenated alkanes) is 17. The Morgan fingerprint density at radius 1 is 0.536 bits per heavy atom. The third-order valence-corrected chi connectivity index (χ3v) is 12.7. The normalized spacial score (nSPS) is 15.3. The minimum absolute atomic E-state index is 0.0185. The molecular weight excluding hydrogens is 923 g/mol. The van der Waals surface area contributed by atoms with E-state index in [1.54, 1.807) is 6.08 Å². The zero-order chi connectivity index (χ0) is 51.1. The van der Waals surface area contributed by atoms with Gasteiger partial charge in [-0.05, 0) is 50.9 Å². The lowest BCUT2D eigenvalue weighted by Gasteiger charge is -2.20. The molecule has 5 atom stereocenters. The van der Waals surface area contributed by atoms with Crippen molar-refractivity contribution in [3.8, 4) is 0 Å². The van der Waals surface area contributed by atoms with Gasteiger partial charge in [-0.25, -0.2) is 9.13 Å². The topological polar surface area (TPSA) is 216 Å². The quantitative estimate of drug-likeness (QED) is 0.0126. The summed E-state index contributed by atoms with van der Waals surface area (Å²) in [6.07, 6.45) is 49.3. The molecule has 14 nitrogen and oxygen atoms in total. The number of allylic oxidation sites excluding steroid dienone is 10. The summed E-state index contributed by atoms with van der Waals surface area (Å²) in [6, 6.07) is 0. The number of carbonyl (C=O) groups excluding carboxylic acids is 2. The molecule has 16 heteroatoms. The molecule has 0 amide bonds. The van der Waals surface area contributed by atoms with E-state index >= 15 is 0 Å². The van der Waals surface area contributed by atoms with Gasteiger partial charge in [0.05, 0.1) is 25.9 Å². The lowest BCUT2D eigenvalue weighted by Crippen LogP contribution is -2.29. The van der Waals surface area contributed by atoms with E-state index in [1.165, 1.54) is 103 Å². The molecule has 69 heavy (non-hydrogen) atoms. The van der Waals surface area contributed by atoms with Crippen molar-refractivity contribution in [2.24, 2.45) is 5.92 Å². The number of hydrogen-bond donors (Lipinski definition) is 5. The maximum atomic E-state index is 12.7. The molecule has 0 aromatic rings. The van der Waals surface area contributed by atoms with Gasteiger partial charge in [0, 0.05) is 12.8 Å². The van der Waals surface area contributed by atoms with Crippen LogP contribution in [-0.4, -0.2) is 81.6 Å². The number of hydrogen-bond acceptors (Lipinski definition) is 11. The Kier molecular flexibility index (Phi) is 44.9. The summed E-state index contributed by atoms with van der Waals surface area (Å²) in [5, 5.41) is 19.8. The van der Waals surface area contributed by atoms with Gasteiger partial charge in [-0.2, -0.15) is 0 Å². The number of carbonyl (C=O) groups is 2. The number of esters is 2. The number of phosphoric acid groups is 2. The highest BCUT2D eigenvalue weighted by molar-refractivity contribution is 7.47. The Labute approximate surface area is 417 Å². The van der Waals surface area contributed by atoms with E-state index in [9.17, 15) is 33.8 Å². The van der Waals surface area contributed by atoms with Crippen LogP contribution in [0.15, 0.2) is 72.9 Å². The van der Waals surface area contributed by atoms with Crippen molar-refractivity contribution < 1.29 is 66.7 Å². The van der Waals surface area contributed by atoms with Gasteiger partial charge in [-0.3, -0.25) is 23.2 Å². The van der Waals surface area contributed by atoms with Crippen molar-refractivity contribution in [1.29, 1.82) is 0 Å². The Balaban J connectivity index is 4.53. The molecule has 0 rings (SSSR count). The molecule has 0 heterocycles. The molecule has 0 saturated carbocycles. The van der Waals surface area contributed by atoms with E-state index in [4.69, 9.17) is 28.3 Å². The van der Waals surface area contributed by atoms with Crippen LogP contribution in [0.25, 0.3) is 0 Å². The van der Waals surface area contributed by atoms with Crippen LogP contribution in [0.3, 0.4) is 0 Å². The standard InChI is InChI=1S/C53H94O14P2/c1-4-6-7-8-30-35-40-49(54)41-36-31-26-22-19-20-24-28-33-38-43-53(57)67-51(47-66-69(61,62)65-45-50(55)44-64-68(58,59)60)46-63-52(56)42-37-32-27-23-18-16-14-12-10-9-11-13-15-17-21-25-29-34-39-48(3)5-2/h6-7,19-20,26,28,30-31,33,35-36,41,48-51,54-55H,4-5,8-18,21-25,27,29,32,34,37-40,42-47H2,1-3H3,(H,61,62)(H2,58,59,60)/b7-6-,20-19-,31-26-,33-28-,35-30-,41-36+/t48?,49?,50-,51+/m0/s1. The molecule has 400 valence electrons. The fourth-order valence-corrected chi connectivity index (χ4v) is 8.06. The SMILES string of the molecule is CC/C=C\C/C=C\CC(O)/C=C/C=C\C/C=C\C/C=C\CCC(=O)O[C@H](COC(=O)CCCCCCCCCCCCCCCCCCCCC(C)CC)COP(=O)(O)OC[C@@H](O)COP(=O)(O)O. The Bertz CT molecular complexity index is 1520. The second-order valence-electron chi connectivity index (χ2n) is 17.9. The number of rotatable bonds is 48. The Morgan fingerprint density at radius 3 is 1.59 bits per heavy atom. The van der Waals surface area contributed by atoms with E-state index in [0.29, 0.717) is 25.7 Å². The third-order valence-electron chi connectivity index (χ3n) is 11.2. The summed E-state index contributed by atoms with van der Waals surface area (Å²) in [5.41, 5.74) is 0. The van der Waals surface area contributed by atoms with Crippen LogP contribution in [-0.2, 0) is 41.8 Å². The first-order chi connectivity index (χ1) is 33.2. The number of aliphatic hydroxyl groups excluding tert-OH is 2.